The molecule has 2 aromatic rings. The standard InChI is InChI=1S/C36H44FNO/c1-4-21-36-26(3)32(24-29-13-8-11-27(22-29)19-20-28-12-9-14-30(37)23-28)35(38-31-15-6-5-7-16-31)25(2)33(36)17-10-18-34(36)39/h4,8-9,11-14,22-26,31,33-35,38-39H,1,5-7,10,15-18,21H2,2-3H3/b32-24+/t25?,26-,33?,34-,35?,36-/m0/s1. The Kier molecular flexibility index (Phi) is 8.75. The number of nitrogens with one attached hydrogen (secondary N) is 1. The molecule has 3 unspecified atom stereocenters. The lowest BCUT2D eigenvalue weighted by atomic mass is 9.47. The monoisotopic (exact) mass is 525 g/mol. The Labute approximate surface area is 234 Å². The zero-order chi connectivity index (χ0) is 27.4. The van der Waals surface area contributed by atoms with Crippen molar-refractivity contribution in [1.29, 1.82) is 0 Å². The molecule has 0 radical (unpaired) electrons. The highest BCUT2D eigenvalue weighted by molar-refractivity contribution is 5.59. The fourth-order valence-electron chi connectivity index (χ4n) is 8.10. The molecule has 3 heteroatoms. The van der Waals surface area contributed by atoms with Crippen molar-refractivity contribution >= 4 is 6.08 Å². The Balaban J connectivity index is 1.53. The molecule has 0 saturated heterocycles. The molecule has 0 heterocycles. The second kappa shape index (κ2) is 12.2. The third kappa shape index (κ3) is 5.79. The topological polar surface area (TPSA) is 32.3 Å². The predicted octanol–water partition coefficient (Wildman–Crippen LogP) is 7.91. The Hall–Kier alpha value is -2.67. The second-order valence-corrected chi connectivity index (χ2v) is 12.2. The van der Waals surface area contributed by atoms with Crippen molar-refractivity contribution in [2.75, 3.05) is 0 Å². The smallest absolute Gasteiger partial charge is 0.124 e. The lowest BCUT2D eigenvalue weighted by molar-refractivity contribution is -0.117. The van der Waals surface area contributed by atoms with E-state index >= 15 is 0 Å². The van der Waals surface area contributed by atoms with Crippen LogP contribution >= 0.6 is 0 Å². The number of aliphatic hydroxyl groups is 1. The van der Waals surface area contributed by atoms with Crippen LogP contribution in [0.5, 0.6) is 0 Å². The molecule has 206 valence electrons. The van der Waals surface area contributed by atoms with Crippen molar-refractivity contribution in [3.8, 4) is 11.8 Å². The van der Waals surface area contributed by atoms with Crippen LogP contribution in [0.1, 0.15) is 88.3 Å². The summed E-state index contributed by atoms with van der Waals surface area (Å²) in [6.07, 6.45) is 14.6. The first-order chi connectivity index (χ1) is 18.9. The number of allylic oxidation sites excluding steroid dienone is 1. The van der Waals surface area contributed by atoms with Crippen molar-refractivity contribution in [2.45, 2.75) is 89.8 Å². The van der Waals surface area contributed by atoms with E-state index in [0.29, 0.717) is 29.5 Å². The summed E-state index contributed by atoms with van der Waals surface area (Å²) in [4.78, 5) is 0. The van der Waals surface area contributed by atoms with Crippen molar-refractivity contribution in [3.63, 3.8) is 0 Å². The van der Waals surface area contributed by atoms with Gasteiger partial charge in [0.15, 0.2) is 0 Å². The van der Waals surface area contributed by atoms with Gasteiger partial charge in [-0.25, -0.2) is 4.39 Å². The van der Waals surface area contributed by atoms with E-state index in [0.717, 1.165) is 30.4 Å². The highest BCUT2D eigenvalue weighted by Crippen LogP contribution is 2.59. The quantitative estimate of drug-likeness (QED) is 0.307. The van der Waals surface area contributed by atoms with E-state index in [1.54, 1.807) is 6.07 Å². The van der Waals surface area contributed by atoms with Gasteiger partial charge in [0.1, 0.15) is 5.82 Å². The molecule has 2 aromatic carbocycles. The van der Waals surface area contributed by atoms with Gasteiger partial charge in [-0.3, -0.25) is 0 Å². The summed E-state index contributed by atoms with van der Waals surface area (Å²) in [6.45, 7) is 8.91. The van der Waals surface area contributed by atoms with Crippen LogP contribution in [0.25, 0.3) is 6.08 Å². The summed E-state index contributed by atoms with van der Waals surface area (Å²) in [6, 6.07) is 15.6. The first kappa shape index (κ1) is 27.9. The van der Waals surface area contributed by atoms with Crippen molar-refractivity contribution < 1.29 is 9.50 Å². The summed E-state index contributed by atoms with van der Waals surface area (Å²) in [5.74, 6) is 7.20. The molecular formula is C36H44FNO. The van der Waals surface area contributed by atoms with E-state index in [9.17, 15) is 9.50 Å². The molecule has 2 nitrogen and oxygen atoms in total. The van der Waals surface area contributed by atoms with Crippen LogP contribution in [-0.4, -0.2) is 23.3 Å². The summed E-state index contributed by atoms with van der Waals surface area (Å²) >= 11 is 0. The molecule has 0 spiro atoms. The van der Waals surface area contributed by atoms with E-state index in [1.807, 2.05) is 18.2 Å². The molecule has 3 saturated carbocycles. The Bertz CT molecular complexity index is 1250. The van der Waals surface area contributed by atoms with Crippen molar-refractivity contribution in [2.24, 2.45) is 23.2 Å². The van der Waals surface area contributed by atoms with Gasteiger partial charge in [-0.2, -0.15) is 0 Å². The number of hydrogen-bond donors (Lipinski definition) is 2. The Morgan fingerprint density at radius 2 is 1.69 bits per heavy atom. The van der Waals surface area contributed by atoms with Gasteiger partial charge >= 0.3 is 0 Å². The molecule has 0 aromatic heterocycles. The molecule has 2 N–H and O–H groups in total. The average Bonchev–Trinajstić information content (AvgIpc) is 2.94. The Morgan fingerprint density at radius 1 is 0.974 bits per heavy atom. The maximum atomic E-state index is 13.6. The van der Waals surface area contributed by atoms with Crippen LogP contribution < -0.4 is 5.32 Å². The van der Waals surface area contributed by atoms with Crippen LogP contribution in [0.4, 0.5) is 4.39 Å². The molecule has 3 fully saturated rings. The molecule has 6 atom stereocenters. The molecular weight excluding hydrogens is 481 g/mol. The number of fused-ring (bicyclic) bond motifs is 1. The molecule has 3 aliphatic carbocycles. The molecule has 3 aliphatic rings. The van der Waals surface area contributed by atoms with Crippen molar-refractivity contribution in [1.82, 2.24) is 5.32 Å². The van der Waals surface area contributed by atoms with Crippen LogP contribution in [0.2, 0.25) is 0 Å². The third-order valence-electron chi connectivity index (χ3n) is 10.0. The lowest BCUT2D eigenvalue weighted by Gasteiger charge is -2.60. The maximum Gasteiger partial charge on any atom is 0.124 e. The van der Waals surface area contributed by atoms with Gasteiger partial charge in [-0.1, -0.05) is 81.7 Å². The van der Waals surface area contributed by atoms with E-state index in [-0.39, 0.29) is 23.3 Å². The molecule has 0 bridgehead atoms. The van der Waals surface area contributed by atoms with Gasteiger partial charge in [0, 0.05) is 28.6 Å². The maximum absolute atomic E-state index is 13.6. The summed E-state index contributed by atoms with van der Waals surface area (Å²) in [7, 11) is 0. The Morgan fingerprint density at radius 3 is 2.41 bits per heavy atom. The van der Waals surface area contributed by atoms with Gasteiger partial charge in [0.05, 0.1) is 6.10 Å². The van der Waals surface area contributed by atoms with Crippen molar-refractivity contribution in [3.05, 3.63) is 89.3 Å². The van der Waals surface area contributed by atoms with E-state index < -0.39 is 0 Å². The predicted molar refractivity (Wildman–Crippen MR) is 160 cm³/mol. The molecule has 39 heavy (non-hydrogen) atoms. The average molecular weight is 526 g/mol. The summed E-state index contributed by atoms with van der Waals surface area (Å²) in [5.41, 5.74) is 3.95. The van der Waals surface area contributed by atoms with Gasteiger partial charge in [0.25, 0.3) is 0 Å². The van der Waals surface area contributed by atoms with Crippen LogP contribution in [-0.2, 0) is 0 Å². The zero-order valence-corrected chi connectivity index (χ0v) is 23.6. The van der Waals surface area contributed by atoms with E-state index in [1.165, 1.54) is 56.2 Å². The number of rotatable bonds is 5. The largest absolute Gasteiger partial charge is 0.393 e. The van der Waals surface area contributed by atoms with Crippen LogP contribution in [0, 0.1) is 40.8 Å². The lowest BCUT2D eigenvalue weighted by Crippen LogP contribution is -2.61. The first-order valence-corrected chi connectivity index (χ1v) is 15.1. The van der Waals surface area contributed by atoms with Gasteiger partial charge < -0.3 is 10.4 Å². The number of hydrogen-bond acceptors (Lipinski definition) is 2. The second-order valence-electron chi connectivity index (χ2n) is 12.2. The zero-order valence-electron chi connectivity index (χ0n) is 23.6. The third-order valence-corrected chi connectivity index (χ3v) is 10.0. The fourth-order valence-corrected chi connectivity index (χ4v) is 8.10. The SMILES string of the molecule is C=CC[C@]12C(CCC[C@@H]1O)C(C)C(NC1CCCCC1)/C(=C/c1cccc(C#Cc3cccc(F)c3)c1)[C@@H]2C. The molecule has 0 aliphatic heterocycles. The number of benzene rings is 2. The minimum atomic E-state index is -0.311. The minimum absolute atomic E-state index is 0.176. The van der Waals surface area contributed by atoms with Crippen LogP contribution in [0.3, 0.4) is 0 Å². The van der Waals surface area contributed by atoms with Gasteiger partial charge in [-0.15, -0.1) is 6.58 Å². The normalized spacial score (nSPS) is 32.2. The fraction of sp³-hybridized carbons (Fsp3) is 0.500. The summed E-state index contributed by atoms with van der Waals surface area (Å²) < 4.78 is 13.6. The summed E-state index contributed by atoms with van der Waals surface area (Å²) in [5, 5.41) is 15.7. The minimum Gasteiger partial charge on any atom is -0.393 e. The highest BCUT2D eigenvalue weighted by atomic mass is 19.1. The van der Waals surface area contributed by atoms with Gasteiger partial charge in [0.2, 0.25) is 0 Å². The van der Waals surface area contributed by atoms with Gasteiger partial charge in [-0.05, 0) is 91.3 Å². The number of aliphatic hydroxyl groups excluding tert-OH is 1. The first-order valence-electron chi connectivity index (χ1n) is 15.1. The number of halogens is 1. The molecule has 5 rings (SSSR count). The van der Waals surface area contributed by atoms with E-state index in [2.05, 4.69) is 61.9 Å². The molecule has 0 amide bonds. The highest BCUT2D eigenvalue weighted by Gasteiger charge is 2.57. The van der Waals surface area contributed by atoms with Crippen LogP contribution in [0.15, 0.2) is 66.8 Å². The van der Waals surface area contributed by atoms with E-state index in [4.69, 9.17) is 0 Å².